The predicted octanol–water partition coefficient (Wildman–Crippen LogP) is 5.88. The molecule has 39 heavy (non-hydrogen) atoms. The Morgan fingerprint density at radius 3 is 2.41 bits per heavy atom. The average molecular weight is 528 g/mol. The molecule has 1 saturated heterocycles. The maximum Gasteiger partial charge on any atom is 0.303 e. The van der Waals surface area contributed by atoms with Gasteiger partial charge in [-0.05, 0) is 74.1 Å². The van der Waals surface area contributed by atoms with Crippen molar-refractivity contribution in [3.8, 4) is 0 Å². The van der Waals surface area contributed by atoms with E-state index in [1.54, 1.807) is 42.7 Å². The lowest BCUT2D eigenvalue weighted by atomic mass is 9.95. The van der Waals surface area contributed by atoms with Crippen molar-refractivity contribution < 1.29 is 19.1 Å². The average Bonchev–Trinajstić information content (AvgIpc) is 3.14. The minimum atomic E-state index is -0.819. The van der Waals surface area contributed by atoms with Crippen LogP contribution in [0.25, 0.3) is 0 Å². The van der Waals surface area contributed by atoms with Gasteiger partial charge in [0.05, 0.1) is 17.1 Å². The second kappa shape index (κ2) is 12.1. The molecule has 8 nitrogen and oxygen atoms in total. The normalized spacial score (nSPS) is 15.7. The molecule has 2 aromatic carbocycles. The van der Waals surface area contributed by atoms with Crippen LogP contribution in [0.1, 0.15) is 72.6 Å². The quantitative estimate of drug-likeness (QED) is 0.368. The van der Waals surface area contributed by atoms with Gasteiger partial charge in [0.1, 0.15) is 11.6 Å². The second-order valence-electron chi connectivity index (χ2n) is 9.90. The lowest BCUT2D eigenvalue weighted by Crippen LogP contribution is -2.38. The number of hydrogen-bond donors (Lipinski definition) is 1. The molecule has 1 N–H and O–H groups in total. The minimum absolute atomic E-state index is 0.0459. The fourth-order valence-electron chi connectivity index (χ4n) is 5.03. The van der Waals surface area contributed by atoms with E-state index in [0.717, 1.165) is 35.7 Å². The standard InChI is InChI=1S/C30H30FN5O3/c31-23-9-6-20(7-10-23)26-19-24(4-1-2-5-28(37)38)34-27-18-22(8-11-25(27)35-26)30(39)36-16-12-21(13-17-36)29-32-14-3-15-33-29/h3,6-11,14-15,18,21H,1-2,4-5,12-13,16-17,19H2,(H,37,38). The molecular formula is C30H30FN5O3. The van der Waals surface area contributed by atoms with Crippen LogP contribution in [0.5, 0.6) is 0 Å². The van der Waals surface area contributed by atoms with E-state index >= 15 is 0 Å². The highest BCUT2D eigenvalue weighted by Gasteiger charge is 2.26. The van der Waals surface area contributed by atoms with Gasteiger partial charge in [-0.3, -0.25) is 19.6 Å². The highest BCUT2D eigenvalue weighted by atomic mass is 19.1. The number of rotatable bonds is 8. The van der Waals surface area contributed by atoms with Crippen LogP contribution in [0.15, 0.2) is 70.9 Å². The first-order chi connectivity index (χ1) is 19.0. The van der Waals surface area contributed by atoms with Crippen LogP contribution in [-0.2, 0) is 4.79 Å². The number of unbranched alkanes of at least 4 members (excludes halogenated alkanes) is 1. The molecule has 0 saturated carbocycles. The van der Waals surface area contributed by atoms with E-state index in [2.05, 4.69) is 9.97 Å². The summed E-state index contributed by atoms with van der Waals surface area (Å²) in [6.07, 6.45) is 7.53. The monoisotopic (exact) mass is 527 g/mol. The van der Waals surface area contributed by atoms with Crippen LogP contribution in [0, 0.1) is 5.82 Å². The second-order valence-corrected chi connectivity index (χ2v) is 9.90. The molecule has 1 amide bonds. The zero-order valence-corrected chi connectivity index (χ0v) is 21.6. The zero-order chi connectivity index (χ0) is 27.2. The van der Waals surface area contributed by atoms with Gasteiger partial charge in [-0.25, -0.2) is 14.4 Å². The number of carboxylic acids is 1. The lowest BCUT2D eigenvalue weighted by molar-refractivity contribution is -0.137. The van der Waals surface area contributed by atoms with Crippen LogP contribution in [0.2, 0.25) is 0 Å². The van der Waals surface area contributed by atoms with E-state index < -0.39 is 5.97 Å². The number of benzene rings is 2. The van der Waals surface area contributed by atoms with Crippen LogP contribution in [0.3, 0.4) is 0 Å². The maximum atomic E-state index is 13.5. The first kappa shape index (κ1) is 26.3. The molecule has 5 rings (SSSR count). The van der Waals surface area contributed by atoms with Crippen LogP contribution >= 0.6 is 0 Å². The number of aliphatic carboxylic acids is 1. The van der Waals surface area contributed by atoms with E-state index in [1.165, 1.54) is 12.1 Å². The number of carbonyl (C=O) groups is 2. The fraction of sp³-hybridized carbons (Fsp3) is 0.333. The fourth-order valence-corrected chi connectivity index (χ4v) is 5.03. The molecule has 2 aliphatic heterocycles. The number of likely N-dealkylation sites (tertiary alicyclic amines) is 1. The van der Waals surface area contributed by atoms with Crippen LogP contribution in [0.4, 0.5) is 15.8 Å². The van der Waals surface area contributed by atoms with Crippen molar-refractivity contribution in [2.24, 2.45) is 9.98 Å². The third kappa shape index (κ3) is 6.60. The Labute approximate surface area is 226 Å². The number of amides is 1. The third-order valence-electron chi connectivity index (χ3n) is 7.14. The number of halogens is 1. The van der Waals surface area contributed by atoms with E-state index in [4.69, 9.17) is 15.1 Å². The van der Waals surface area contributed by atoms with E-state index in [9.17, 15) is 14.0 Å². The Morgan fingerprint density at radius 2 is 1.69 bits per heavy atom. The van der Waals surface area contributed by atoms with E-state index in [0.29, 0.717) is 55.7 Å². The van der Waals surface area contributed by atoms with Crippen molar-refractivity contribution in [1.82, 2.24) is 14.9 Å². The van der Waals surface area contributed by atoms with Crippen molar-refractivity contribution in [1.29, 1.82) is 0 Å². The molecule has 9 heteroatoms. The summed E-state index contributed by atoms with van der Waals surface area (Å²) in [6.45, 7) is 1.26. The summed E-state index contributed by atoms with van der Waals surface area (Å²) in [5.41, 5.74) is 4.22. The van der Waals surface area contributed by atoms with Crippen LogP contribution in [-0.4, -0.2) is 56.4 Å². The topological polar surface area (TPSA) is 108 Å². The van der Waals surface area contributed by atoms with Gasteiger partial charge in [0.2, 0.25) is 0 Å². The first-order valence-electron chi connectivity index (χ1n) is 13.3. The van der Waals surface area contributed by atoms with Gasteiger partial charge in [0, 0.05) is 55.5 Å². The van der Waals surface area contributed by atoms with Crippen molar-refractivity contribution in [3.63, 3.8) is 0 Å². The number of aliphatic imine (C=N–C) groups is 2. The Kier molecular flexibility index (Phi) is 8.15. The van der Waals surface area contributed by atoms with Crippen molar-refractivity contribution in [3.05, 3.63) is 83.7 Å². The Balaban J connectivity index is 1.36. The van der Waals surface area contributed by atoms with Crippen LogP contribution < -0.4 is 0 Å². The molecule has 1 aromatic heterocycles. The first-order valence-corrected chi connectivity index (χ1v) is 13.3. The van der Waals surface area contributed by atoms with Gasteiger partial charge in [0.15, 0.2) is 0 Å². The Hall–Kier alpha value is -4.27. The molecule has 2 aliphatic rings. The predicted molar refractivity (Wildman–Crippen MR) is 147 cm³/mol. The summed E-state index contributed by atoms with van der Waals surface area (Å²) in [5.74, 6) is -0.112. The molecule has 200 valence electrons. The largest absolute Gasteiger partial charge is 0.481 e. The van der Waals surface area contributed by atoms with Gasteiger partial charge in [0.25, 0.3) is 5.91 Å². The summed E-state index contributed by atoms with van der Waals surface area (Å²) in [4.78, 5) is 44.7. The number of fused-ring (bicyclic) bond motifs is 1. The number of carboxylic acid groups (broad SMARTS) is 1. The molecule has 0 bridgehead atoms. The number of piperidine rings is 1. The molecule has 3 aromatic rings. The van der Waals surface area contributed by atoms with Gasteiger partial charge in [-0.2, -0.15) is 0 Å². The number of hydrogen-bond acceptors (Lipinski definition) is 6. The number of nitrogens with zero attached hydrogens (tertiary/aromatic N) is 5. The van der Waals surface area contributed by atoms with E-state index in [1.807, 2.05) is 11.0 Å². The van der Waals surface area contributed by atoms with E-state index in [-0.39, 0.29) is 24.1 Å². The molecular weight excluding hydrogens is 497 g/mol. The highest BCUT2D eigenvalue weighted by Crippen LogP contribution is 2.35. The zero-order valence-electron chi connectivity index (χ0n) is 21.6. The molecule has 0 unspecified atom stereocenters. The van der Waals surface area contributed by atoms with Gasteiger partial charge < -0.3 is 10.0 Å². The Morgan fingerprint density at radius 1 is 0.949 bits per heavy atom. The van der Waals surface area contributed by atoms with Crippen molar-refractivity contribution >= 4 is 34.7 Å². The number of carbonyl (C=O) groups excluding carboxylic acids is 1. The lowest BCUT2D eigenvalue weighted by Gasteiger charge is -2.31. The maximum absolute atomic E-state index is 13.5. The smallest absolute Gasteiger partial charge is 0.303 e. The summed E-state index contributed by atoms with van der Waals surface area (Å²) in [6, 6.07) is 13.4. The summed E-state index contributed by atoms with van der Waals surface area (Å²) >= 11 is 0. The molecule has 1 fully saturated rings. The van der Waals surface area contributed by atoms with Crippen molar-refractivity contribution in [2.75, 3.05) is 13.1 Å². The minimum Gasteiger partial charge on any atom is -0.481 e. The van der Waals surface area contributed by atoms with Gasteiger partial charge in [-0.1, -0.05) is 12.1 Å². The summed E-state index contributed by atoms with van der Waals surface area (Å²) < 4.78 is 13.5. The third-order valence-corrected chi connectivity index (χ3v) is 7.14. The molecule has 0 radical (unpaired) electrons. The SMILES string of the molecule is O=C(O)CCCCC1=Nc2cc(C(=O)N3CCC(c4ncccn4)CC3)ccc2N=C(c2ccc(F)cc2)C1. The molecule has 0 aliphatic carbocycles. The Bertz CT molecular complexity index is 1400. The highest BCUT2D eigenvalue weighted by molar-refractivity contribution is 6.15. The molecule has 0 spiro atoms. The van der Waals surface area contributed by atoms with Gasteiger partial charge >= 0.3 is 5.97 Å². The number of aromatic nitrogens is 2. The summed E-state index contributed by atoms with van der Waals surface area (Å²) in [5, 5.41) is 8.98. The molecule has 0 atom stereocenters. The van der Waals surface area contributed by atoms with Gasteiger partial charge in [-0.15, -0.1) is 0 Å². The molecule has 3 heterocycles. The van der Waals surface area contributed by atoms with Crippen molar-refractivity contribution in [2.45, 2.75) is 50.9 Å². The summed E-state index contributed by atoms with van der Waals surface area (Å²) in [7, 11) is 0.